The fourth-order valence-corrected chi connectivity index (χ4v) is 13.4. The van der Waals surface area contributed by atoms with Gasteiger partial charge >= 0.3 is 0 Å². The second kappa shape index (κ2) is 15.2. The molecule has 9 nitrogen and oxygen atoms in total. The predicted octanol–water partition coefficient (Wildman–Crippen LogP) is 4.28. The van der Waals surface area contributed by atoms with Gasteiger partial charge < -0.3 is 4.74 Å². The summed E-state index contributed by atoms with van der Waals surface area (Å²) in [6.07, 6.45) is 23.5. The quantitative estimate of drug-likeness (QED) is 0.199. The summed E-state index contributed by atoms with van der Waals surface area (Å²) in [4.78, 5) is 0. The van der Waals surface area contributed by atoms with Crippen LogP contribution >= 0.6 is 0 Å². The van der Waals surface area contributed by atoms with E-state index in [4.69, 9.17) is 4.74 Å². The van der Waals surface area contributed by atoms with E-state index in [0.717, 1.165) is 5.92 Å². The maximum absolute atomic E-state index is 7.25. The van der Waals surface area contributed by atoms with Gasteiger partial charge in [-0.05, 0) is 105 Å². The molecule has 17 unspecified atom stereocenters. The minimum Gasteiger partial charge on any atom is -0.374 e. The summed E-state index contributed by atoms with van der Waals surface area (Å²) in [5.41, 5.74) is 0. The molecule has 9 aliphatic rings. The minimum atomic E-state index is 0. The molecule has 4 saturated carbocycles. The van der Waals surface area contributed by atoms with Crippen molar-refractivity contribution in [3.05, 3.63) is 0 Å². The Labute approximate surface area is 311 Å². The van der Waals surface area contributed by atoms with Crippen LogP contribution < -0.4 is 42.5 Å². The Balaban J connectivity index is 0.00000348. The average Bonchev–Trinajstić information content (AvgIpc) is 3.83. The molecule has 9 rings (SSSR count). The first kappa shape index (κ1) is 36.3. The first-order chi connectivity index (χ1) is 23.4. The third kappa shape index (κ3) is 6.81. The molecular weight excluding hydrogens is 703 g/mol. The zero-order chi connectivity index (χ0) is 32.5. The van der Waals surface area contributed by atoms with Gasteiger partial charge in [-0.25, -0.2) is 0 Å². The second-order valence-corrected chi connectivity index (χ2v) is 18.8. The van der Waals surface area contributed by atoms with Gasteiger partial charge in [0.15, 0.2) is 0 Å². The Morgan fingerprint density at radius 1 is 0.367 bits per heavy atom. The van der Waals surface area contributed by atoms with Crippen LogP contribution in [0.25, 0.3) is 0 Å². The molecule has 0 amide bonds. The number of ether oxygens (including phenoxy) is 1. The summed E-state index contributed by atoms with van der Waals surface area (Å²) in [6.45, 7) is 9.43. The van der Waals surface area contributed by atoms with Crippen LogP contribution in [0.4, 0.5) is 0 Å². The van der Waals surface area contributed by atoms with Crippen molar-refractivity contribution in [1.82, 2.24) is 42.5 Å². The van der Waals surface area contributed by atoms with Crippen LogP contribution in [-0.4, -0.2) is 61.5 Å². The summed E-state index contributed by atoms with van der Waals surface area (Å²) in [6, 6.07) is 0. The summed E-state index contributed by atoms with van der Waals surface area (Å²) in [5, 5.41) is 34.2. The number of nitrogens with one attached hydrogen (secondary N) is 8. The van der Waals surface area contributed by atoms with Crippen LogP contribution in [-0.2, 0) is 25.2 Å². The predicted molar refractivity (Wildman–Crippen MR) is 191 cm³/mol. The van der Waals surface area contributed by atoms with Crippen molar-refractivity contribution in [3.63, 3.8) is 0 Å². The van der Waals surface area contributed by atoms with Gasteiger partial charge in [0.2, 0.25) is 0 Å². The molecular formula is C39H70N8OPd. The molecule has 49 heavy (non-hydrogen) atoms. The van der Waals surface area contributed by atoms with Crippen LogP contribution in [0, 0.1) is 59.2 Å². The van der Waals surface area contributed by atoms with E-state index in [9.17, 15) is 0 Å². The standard InChI is InChI=1S/C39H70N8O.Pd/c1-20(2)31(21(3)4)48-29-19-11-18-28-30(29)39-46-37-27-17-10-9-16-26(27)35(44-37)42-33-23-13-6-5-12-22(23)32(40-33)41-34-24-14-7-8-15-25(24)36(43-34)45-38(28)47-39;/h20-47H,5-19H2,1-4H3;. The van der Waals surface area contributed by atoms with E-state index in [1.54, 1.807) is 0 Å². The fourth-order valence-electron chi connectivity index (χ4n) is 13.4. The molecule has 8 N–H and O–H groups in total. The van der Waals surface area contributed by atoms with E-state index >= 15 is 0 Å². The third-order valence-electron chi connectivity index (χ3n) is 15.5. The molecule has 282 valence electrons. The van der Waals surface area contributed by atoms with E-state index in [0.29, 0.717) is 109 Å². The Morgan fingerprint density at radius 2 is 0.653 bits per heavy atom. The monoisotopic (exact) mass is 772 g/mol. The van der Waals surface area contributed by atoms with Crippen molar-refractivity contribution in [2.75, 3.05) is 0 Å². The van der Waals surface area contributed by atoms with Gasteiger partial charge in [-0.15, -0.1) is 0 Å². The minimum absolute atomic E-state index is 0. The Morgan fingerprint density at radius 3 is 0.980 bits per heavy atom. The largest absolute Gasteiger partial charge is 0.374 e. The topological polar surface area (TPSA) is 105 Å². The molecule has 5 saturated heterocycles. The van der Waals surface area contributed by atoms with Crippen molar-refractivity contribution in [2.45, 2.75) is 186 Å². The zero-order valence-corrected chi connectivity index (χ0v) is 32.4. The van der Waals surface area contributed by atoms with Crippen molar-refractivity contribution < 1.29 is 25.2 Å². The second-order valence-electron chi connectivity index (χ2n) is 18.8. The van der Waals surface area contributed by atoms with Crippen molar-refractivity contribution in [2.24, 2.45) is 59.2 Å². The molecule has 0 aromatic carbocycles. The first-order valence-electron chi connectivity index (χ1n) is 21.2. The molecule has 0 aromatic heterocycles. The average molecular weight is 773 g/mol. The molecule has 4 aliphatic carbocycles. The molecule has 9 fully saturated rings. The van der Waals surface area contributed by atoms with Gasteiger partial charge in [-0.2, -0.15) is 0 Å². The van der Waals surface area contributed by atoms with Crippen LogP contribution in [0.3, 0.4) is 0 Å². The van der Waals surface area contributed by atoms with Gasteiger partial charge in [0.25, 0.3) is 0 Å². The van der Waals surface area contributed by atoms with Crippen LogP contribution in [0.5, 0.6) is 0 Å². The molecule has 0 spiro atoms. The maximum atomic E-state index is 7.25. The number of hydrogen-bond donors (Lipinski definition) is 8. The fraction of sp³-hybridized carbons (Fsp3) is 1.00. The van der Waals surface area contributed by atoms with Crippen LogP contribution in [0.15, 0.2) is 0 Å². The number of rotatable bonds is 4. The molecule has 5 heterocycles. The summed E-state index contributed by atoms with van der Waals surface area (Å²) < 4.78 is 7.25. The van der Waals surface area contributed by atoms with Gasteiger partial charge in [-0.1, -0.05) is 72.6 Å². The third-order valence-corrected chi connectivity index (χ3v) is 15.5. The van der Waals surface area contributed by atoms with E-state index in [1.165, 1.54) is 96.3 Å². The van der Waals surface area contributed by atoms with Crippen LogP contribution in [0.1, 0.15) is 124 Å². The van der Waals surface area contributed by atoms with E-state index in [1.807, 2.05) is 0 Å². The van der Waals surface area contributed by atoms with Crippen molar-refractivity contribution >= 4 is 0 Å². The van der Waals surface area contributed by atoms with Gasteiger partial charge in [0, 0.05) is 26.3 Å². The molecule has 0 radical (unpaired) electrons. The van der Waals surface area contributed by atoms with Gasteiger partial charge in [0.1, 0.15) is 0 Å². The molecule has 17 atom stereocenters. The van der Waals surface area contributed by atoms with Crippen molar-refractivity contribution in [1.29, 1.82) is 0 Å². The molecule has 8 bridgehead atoms. The van der Waals surface area contributed by atoms with E-state index in [2.05, 4.69) is 70.2 Å². The summed E-state index contributed by atoms with van der Waals surface area (Å²) in [7, 11) is 0. The SMILES string of the molecule is CC(C)C(OC1CCCC2C3NC4NC(NC5NC(NC6NC(NC(N3)C12)C1CCCCC61)C1CCCCC51)C1CCCCC41)C(C)C.[Pd]. The van der Waals surface area contributed by atoms with E-state index < -0.39 is 0 Å². The maximum Gasteiger partial charge on any atom is 0.0653 e. The molecule has 0 aromatic rings. The van der Waals surface area contributed by atoms with Crippen LogP contribution in [0.2, 0.25) is 0 Å². The smallest absolute Gasteiger partial charge is 0.0653 e. The number of hydrogen-bond acceptors (Lipinski definition) is 9. The summed E-state index contributed by atoms with van der Waals surface area (Å²) in [5.74, 6) is 6.32. The van der Waals surface area contributed by atoms with Crippen molar-refractivity contribution in [3.8, 4) is 0 Å². The first-order valence-corrected chi connectivity index (χ1v) is 21.2. The number of fused-ring (bicyclic) bond motifs is 20. The molecule has 10 heteroatoms. The van der Waals surface area contributed by atoms with Gasteiger partial charge in [0.05, 0.1) is 61.5 Å². The zero-order valence-electron chi connectivity index (χ0n) is 30.9. The normalized spacial score (nSPS) is 50.9. The Hall–Kier alpha value is 0.302. The van der Waals surface area contributed by atoms with E-state index in [-0.39, 0.29) is 26.6 Å². The summed E-state index contributed by atoms with van der Waals surface area (Å²) >= 11 is 0. The Bertz CT molecular complexity index is 1100. The molecule has 5 aliphatic heterocycles. The van der Waals surface area contributed by atoms with Gasteiger partial charge in [-0.3, -0.25) is 42.5 Å². The Kier molecular flexibility index (Phi) is 11.3.